The van der Waals surface area contributed by atoms with Gasteiger partial charge in [0.2, 0.25) is 0 Å². The second-order valence-corrected chi connectivity index (χ2v) is 8.36. The predicted molar refractivity (Wildman–Crippen MR) is 86.2 cm³/mol. The smallest absolute Gasteiger partial charge is 0.391 e. The van der Waals surface area contributed by atoms with Gasteiger partial charge in [-0.25, -0.2) is 0 Å². The molecule has 0 saturated heterocycles. The van der Waals surface area contributed by atoms with E-state index in [4.69, 9.17) is 6.42 Å². The Balaban J connectivity index is 1.64. The summed E-state index contributed by atoms with van der Waals surface area (Å²) in [5.74, 6) is 2.47. The lowest BCUT2D eigenvalue weighted by atomic mass is 9.56. The molecule has 0 aromatic heterocycles. The van der Waals surface area contributed by atoms with Crippen molar-refractivity contribution in [2.75, 3.05) is 0 Å². The molecule has 3 saturated carbocycles. The molecule has 0 radical (unpaired) electrons. The summed E-state index contributed by atoms with van der Waals surface area (Å²) < 4.78 is 41.1. The fraction of sp³-hybridized carbons (Fsp3) is 0.750. The average molecular weight is 352 g/mol. The maximum absolute atomic E-state index is 13.7. The standard InChI is InChI=1S/C20H23F3O2/c1-2-19(20(21,22)23)10-17-15-5-3-11-9-12(24)4-6-13(11)14(15)7-8-16(17)18(19)25/h1,9,13-18,25H,3-8,10H2/t13-,14+,15+,16-,17-,18?,19?/m0/s1. The van der Waals surface area contributed by atoms with Crippen molar-refractivity contribution in [3.05, 3.63) is 11.6 Å². The van der Waals surface area contributed by atoms with Crippen LogP contribution < -0.4 is 0 Å². The number of alkyl halides is 3. The molecule has 7 atom stereocenters. The molecule has 0 spiro atoms. The minimum absolute atomic E-state index is 0.148. The lowest BCUT2D eigenvalue weighted by molar-refractivity contribution is -0.226. The first kappa shape index (κ1) is 17.1. The van der Waals surface area contributed by atoms with Crippen LogP contribution in [-0.4, -0.2) is 23.2 Å². The Labute approximate surface area is 145 Å². The summed E-state index contributed by atoms with van der Waals surface area (Å²) in [5.41, 5.74) is -1.19. The van der Waals surface area contributed by atoms with E-state index in [1.54, 1.807) is 6.08 Å². The SMILES string of the molecule is C#CC1(C(F)(F)F)C[C@H]2[C@@H]3CCC4=CC(=O)CC[C@@H]4[C@H]3CC[C@@H]2C1O. The number of hydrogen-bond donors (Lipinski definition) is 1. The zero-order chi connectivity index (χ0) is 18.0. The summed E-state index contributed by atoms with van der Waals surface area (Å²) in [5, 5.41) is 10.5. The molecule has 1 N–H and O–H groups in total. The van der Waals surface area contributed by atoms with E-state index in [0.717, 1.165) is 25.7 Å². The first-order chi connectivity index (χ1) is 11.8. The number of carbonyl (C=O) groups is 1. The lowest BCUT2D eigenvalue weighted by Crippen LogP contribution is -2.45. The van der Waals surface area contributed by atoms with Gasteiger partial charge < -0.3 is 5.11 Å². The molecule has 5 heteroatoms. The Kier molecular flexibility index (Phi) is 3.85. The van der Waals surface area contributed by atoms with Gasteiger partial charge in [-0.1, -0.05) is 11.5 Å². The Morgan fingerprint density at radius 1 is 1.08 bits per heavy atom. The molecule has 4 rings (SSSR count). The van der Waals surface area contributed by atoms with Crippen LogP contribution >= 0.6 is 0 Å². The van der Waals surface area contributed by atoms with Crippen LogP contribution in [0.15, 0.2) is 11.6 Å². The van der Waals surface area contributed by atoms with Crippen molar-refractivity contribution in [1.82, 2.24) is 0 Å². The normalized spacial score (nSPS) is 46.5. The van der Waals surface area contributed by atoms with Gasteiger partial charge in [-0.2, -0.15) is 13.2 Å². The van der Waals surface area contributed by atoms with Gasteiger partial charge in [-0.3, -0.25) is 4.79 Å². The molecule has 0 aliphatic heterocycles. The molecular formula is C20H23F3O2. The Bertz CT molecular complexity index is 659. The van der Waals surface area contributed by atoms with Crippen LogP contribution in [0.5, 0.6) is 0 Å². The van der Waals surface area contributed by atoms with Crippen LogP contribution in [0.1, 0.15) is 44.9 Å². The summed E-state index contributed by atoms with van der Waals surface area (Å²) in [6.45, 7) is 0. The van der Waals surface area contributed by atoms with Crippen molar-refractivity contribution in [3.8, 4) is 12.3 Å². The van der Waals surface area contributed by atoms with E-state index in [1.807, 2.05) is 5.92 Å². The third kappa shape index (κ3) is 2.33. The highest BCUT2D eigenvalue weighted by Gasteiger charge is 2.68. The van der Waals surface area contributed by atoms with Gasteiger partial charge >= 0.3 is 6.18 Å². The predicted octanol–water partition coefficient (Wildman–Crippen LogP) is 3.89. The quantitative estimate of drug-likeness (QED) is 0.672. The van der Waals surface area contributed by atoms with E-state index < -0.39 is 17.7 Å². The summed E-state index contributed by atoms with van der Waals surface area (Å²) in [6.07, 6.45) is 5.29. The molecule has 4 aliphatic carbocycles. The van der Waals surface area contributed by atoms with Crippen LogP contribution in [0.4, 0.5) is 13.2 Å². The molecule has 0 heterocycles. The minimum Gasteiger partial charge on any atom is -0.391 e. The van der Waals surface area contributed by atoms with Crippen LogP contribution in [-0.2, 0) is 4.79 Å². The second-order valence-electron chi connectivity index (χ2n) is 8.36. The third-order valence-electron chi connectivity index (χ3n) is 7.52. The Morgan fingerprint density at radius 3 is 2.48 bits per heavy atom. The van der Waals surface area contributed by atoms with Crippen LogP contribution in [0, 0.1) is 47.3 Å². The van der Waals surface area contributed by atoms with Gasteiger partial charge in [0.15, 0.2) is 11.2 Å². The molecule has 0 bridgehead atoms. The van der Waals surface area contributed by atoms with Crippen molar-refractivity contribution in [1.29, 1.82) is 0 Å². The number of halogens is 3. The number of rotatable bonds is 0. The van der Waals surface area contributed by atoms with E-state index >= 15 is 0 Å². The van der Waals surface area contributed by atoms with Crippen molar-refractivity contribution in [2.45, 2.75) is 57.2 Å². The van der Waals surface area contributed by atoms with Crippen LogP contribution in [0.3, 0.4) is 0 Å². The topological polar surface area (TPSA) is 37.3 Å². The van der Waals surface area contributed by atoms with Crippen LogP contribution in [0.2, 0.25) is 0 Å². The average Bonchev–Trinajstić information content (AvgIpc) is 2.87. The zero-order valence-corrected chi connectivity index (χ0v) is 14.1. The number of carbonyl (C=O) groups excluding carboxylic acids is 1. The molecule has 25 heavy (non-hydrogen) atoms. The second kappa shape index (κ2) is 5.61. The van der Waals surface area contributed by atoms with Crippen LogP contribution in [0.25, 0.3) is 0 Å². The van der Waals surface area contributed by atoms with E-state index in [-0.39, 0.29) is 30.0 Å². The molecule has 2 nitrogen and oxygen atoms in total. The van der Waals surface area contributed by atoms with E-state index in [0.29, 0.717) is 24.7 Å². The fourth-order valence-corrected chi connectivity index (χ4v) is 6.39. The highest BCUT2D eigenvalue weighted by Crippen LogP contribution is 2.63. The number of fused-ring (bicyclic) bond motifs is 5. The molecular weight excluding hydrogens is 329 g/mol. The van der Waals surface area contributed by atoms with E-state index in [2.05, 4.69) is 0 Å². The zero-order valence-electron chi connectivity index (χ0n) is 14.1. The first-order valence-corrected chi connectivity index (χ1v) is 9.24. The maximum atomic E-state index is 13.7. The van der Waals surface area contributed by atoms with E-state index in [1.165, 1.54) is 5.57 Å². The summed E-state index contributed by atoms with van der Waals surface area (Å²) >= 11 is 0. The number of hydrogen-bond acceptors (Lipinski definition) is 2. The summed E-state index contributed by atoms with van der Waals surface area (Å²) in [6, 6.07) is 0. The van der Waals surface area contributed by atoms with Gasteiger partial charge in [0.1, 0.15) is 0 Å². The highest BCUT2D eigenvalue weighted by molar-refractivity contribution is 5.91. The number of allylic oxidation sites excluding steroid dienone is 1. The fourth-order valence-electron chi connectivity index (χ4n) is 6.39. The minimum atomic E-state index is -4.58. The Hall–Kier alpha value is -1.28. The van der Waals surface area contributed by atoms with Gasteiger partial charge in [-0.15, -0.1) is 6.42 Å². The summed E-state index contributed by atoms with van der Waals surface area (Å²) in [7, 11) is 0. The summed E-state index contributed by atoms with van der Waals surface area (Å²) in [4.78, 5) is 11.7. The first-order valence-electron chi connectivity index (χ1n) is 9.24. The molecule has 2 unspecified atom stereocenters. The number of ketones is 1. The lowest BCUT2D eigenvalue weighted by Gasteiger charge is -2.49. The highest BCUT2D eigenvalue weighted by atomic mass is 19.4. The monoisotopic (exact) mass is 352 g/mol. The molecule has 3 fully saturated rings. The molecule has 136 valence electrons. The number of aliphatic hydroxyl groups is 1. The van der Waals surface area contributed by atoms with Gasteiger partial charge in [-0.05, 0) is 74.2 Å². The molecule has 0 aromatic carbocycles. The largest absolute Gasteiger partial charge is 0.407 e. The Morgan fingerprint density at radius 2 is 1.80 bits per heavy atom. The van der Waals surface area contributed by atoms with Gasteiger partial charge in [0, 0.05) is 6.42 Å². The van der Waals surface area contributed by atoms with E-state index in [9.17, 15) is 23.1 Å². The number of terminal acetylenes is 1. The van der Waals surface area contributed by atoms with Crippen molar-refractivity contribution < 1.29 is 23.1 Å². The molecule has 4 aliphatic rings. The van der Waals surface area contributed by atoms with Gasteiger partial charge in [0.05, 0.1) is 6.10 Å². The molecule has 0 aromatic rings. The van der Waals surface area contributed by atoms with Gasteiger partial charge in [0.25, 0.3) is 0 Å². The third-order valence-corrected chi connectivity index (χ3v) is 7.52. The molecule has 0 amide bonds. The van der Waals surface area contributed by atoms with Crippen molar-refractivity contribution >= 4 is 5.78 Å². The van der Waals surface area contributed by atoms with Crippen molar-refractivity contribution in [3.63, 3.8) is 0 Å². The van der Waals surface area contributed by atoms with Crippen molar-refractivity contribution in [2.24, 2.45) is 35.0 Å². The maximum Gasteiger partial charge on any atom is 0.407 e. The number of aliphatic hydroxyl groups excluding tert-OH is 1.